The minimum Gasteiger partial charge on any atom is -0.0651 e. The van der Waals surface area contributed by atoms with E-state index in [1.54, 1.807) is 0 Å². The Morgan fingerprint density at radius 1 is 0.700 bits per heavy atom. The molecule has 0 aromatic rings. The fourth-order valence-corrected chi connectivity index (χ4v) is 4.75. The van der Waals surface area contributed by atoms with Crippen LogP contribution < -0.4 is 0 Å². The molecule has 0 radical (unpaired) electrons. The van der Waals surface area contributed by atoms with Gasteiger partial charge in [0.05, 0.1) is 0 Å². The molecule has 1 atom stereocenters. The second-order valence-electron chi connectivity index (χ2n) is 7.27. The third-order valence-corrected chi connectivity index (χ3v) is 6.41. The highest BCUT2D eigenvalue weighted by atomic mass is 14.4. The molecular formula is C20H42. The summed E-state index contributed by atoms with van der Waals surface area (Å²) in [5.41, 5.74) is 0.584. The lowest BCUT2D eigenvalue weighted by Crippen LogP contribution is -2.35. The fourth-order valence-electron chi connectivity index (χ4n) is 4.75. The number of hydrogen-bond acceptors (Lipinski definition) is 0. The third kappa shape index (κ3) is 4.78. The summed E-state index contributed by atoms with van der Waals surface area (Å²) in [6.07, 6.45) is 9.59. The smallest absolute Gasteiger partial charge is 0.0272 e. The highest BCUT2D eigenvalue weighted by Crippen LogP contribution is 2.48. The quantitative estimate of drug-likeness (QED) is 0.372. The van der Waals surface area contributed by atoms with Gasteiger partial charge in [-0.2, -0.15) is 0 Å². The first-order valence-corrected chi connectivity index (χ1v) is 9.45. The van der Waals surface area contributed by atoms with Crippen molar-refractivity contribution in [2.45, 2.75) is 100 Å². The average Bonchev–Trinajstić information content (AvgIpc) is 2.46. The van der Waals surface area contributed by atoms with Crippen LogP contribution in [0.1, 0.15) is 100 Å². The van der Waals surface area contributed by atoms with Crippen molar-refractivity contribution in [2.75, 3.05) is 0 Å². The van der Waals surface area contributed by atoms with E-state index in [0.29, 0.717) is 5.41 Å². The van der Waals surface area contributed by atoms with E-state index in [2.05, 4.69) is 55.4 Å². The van der Waals surface area contributed by atoms with E-state index in [9.17, 15) is 0 Å². The van der Waals surface area contributed by atoms with E-state index < -0.39 is 0 Å². The Morgan fingerprint density at radius 2 is 1.15 bits per heavy atom. The first-order chi connectivity index (χ1) is 9.45. The average molecular weight is 283 g/mol. The van der Waals surface area contributed by atoms with E-state index in [0.717, 1.165) is 23.7 Å². The highest BCUT2D eigenvalue weighted by Gasteiger charge is 2.38. The van der Waals surface area contributed by atoms with Crippen molar-refractivity contribution in [3.63, 3.8) is 0 Å². The predicted octanol–water partition coefficient (Wildman–Crippen LogP) is 7.33. The van der Waals surface area contributed by atoms with Gasteiger partial charge in [-0.25, -0.2) is 0 Å². The molecule has 0 fully saturated rings. The SMILES string of the molecule is CCC(CC)C(CC(CC)(CC)C(CC)CC)C(C)C. The number of rotatable bonds is 11. The van der Waals surface area contributed by atoms with Gasteiger partial charge in [-0.15, -0.1) is 0 Å². The molecule has 0 saturated carbocycles. The minimum absolute atomic E-state index is 0.584. The second kappa shape index (κ2) is 9.85. The fraction of sp³-hybridized carbons (Fsp3) is 1.00. The topological polar surface area (TPSA) is 0 Å². The summed E-state index contributed by atoms with van der Waals surface area (Å²) in [7, 11) is 0. The second-order valence-corrected chi connectivity index (χ2v) is 7.27. The van der Waals surface area contributed by atoms with Crippen LogP contribution in [0.4, 0.5) is 0 Å². The summed E-state index contributed by atoms with van der Waals surface area (Å²) in [6.45, 7) is 19.3. The molecule has 0 aliphatic heterocycles. The zero-order valence-electron chi connectivity index (χ0n) is 15.8. The van der Waals surface area contributed by atoms with Crippen molar-refractivity contribution in [1.82, 2.24) is 0 Å². The molecule has 0 spiro atoms. The van der Waals surface area contributed by atoms with Crippen LogP contribution in [0.5, 0.6) is 0 Å². The van der Waals surface area contributed by atoms with Gasteiger partial charge in [0.25, 0.3) is 0 Å². The molecule has 0 aromatic heterocycles. The van der Waals surface area contributed by atoms with Gasteiger partial charge in [-0.05, 0) is 35.5 Å². The molecule has 122 valence electrons. The molecule has 0 aromatic carbocycles. The summed E-state index contributed by atoms with van der Waals surface area (Å²) in [4.78, 5) is 0. The van der Waals surface area contributed by atoms with Gasteiger partial charge < -0.3 is 0 Å². The molecule has 0 aliphatic rings. The lowest BCUT2D eigenvalue weighted by Gasteiger charge is -2.44. The number of hydrogen-bond donors (Lipinski definition) is 0. The maximum absolute atomic E-state index is 2.45. The molecule has 0 amide bonds. The van der Waals surface area contributed by atoms with Gasteiger partial charge in [0, 0.05) is 0 Å². The summed E-state index contributed by atoms with van der Waals surface area (Å²) >= 11 is 0. The van der Waals surface area contributed by atoms with Crippen molar-refractivity contribution in [1.29, 1.82) is 0 Å². The Labute approximate surface area is 130 Å². The summed E-state index contributed by atoms with van der Waals surface area (Å²) in [5.74, 6) is 3.56. The van der Waals surface area contributed by atoms with Crippen LogP contribution in [0, 0.1) is 29.1 Å². The summed E-state index contributed by atoms with van der Waals surface area (Å²) < 4.78 is 0. The van der Waals surface area contributed by atoms with E-state index >= 15 is 0 Å². The van der Waals surface area contributed by atoms with E-state index in [-0.39, 0.29) is 0 Å². The van der Waals surface area contributed by atoms with Crippen LogP contribution in [-0.2, 0) is 0 Å². The van der Waals surface area contributed by atoms with Crippen LogP contribution in [-0.4, -0.2) is 0 Å². The Hall–Kier alpha value is 0. The largest absolute Gasteiger partial charge is 0.0651 e. The lowest BCUT2D eigenvalue weighted by molar-refractivity contribution is 0.0567. The molecule has 1 unspecified atom stereocenters. The molecule has 0 nitrogen and oxygen atoms in total. The van der Waals surface area contributed by atoms with Crippen LogP contribution in [0.15, 0.2) is 0 Å². The van der Waals surface area contributed by atoms with Gasteiger partial charge in [0.2, 0.25) is 0 Å². The molecule has 0 heteroatoms. The zero-order chi connectivity index (χ0) is 15.8. The zero-order valence-corrected chi connectivity index (χ0v) is 15.8. The molecule has 0 saturated heterocycles. The van der Waals surface area contributed by atoms with Crippen molar-refractivity contribution in [3.8, 4) is 0 Å². The molecule has 20 heavy (non-hydrogen) atoms. The van der Waals surface area contributed by atoms with Gasteiger partial charge >= 0.3 is 0 Å². The molecular weight excluding hydrogens is 240 g/mol. The minimum atomic E-state index is 0.584. The summed E-state index contributed by atoms with van der Waals surface area (Å²) in [5, 5.41) is 0. The van der Waals surface area contributed by atoms with Gasteiger partial charge in [0.1, 0.15) is 0 Å². The third-order valence-electron chi connectivity index (χ3n) is 6.41. The normalized spacial score (nSPS) is 14.6. The summed E-state index contributed by atoms with van der Waals surface area (Å²) in [6, 6.07) is 0. The molecule has 0 bridgehead atoms. The van der Waals surface area contributed by atoms with Gasteiger partial charge in [0.15, 0.2) is 0 Å². The maximum Gasteiger partial charge on any atom is -0.0272 e. The van der Waals surface area contributed by atoms with E-state index in [1.807, 2.05) is 0 Å². The first kappa shape index (κ1) is 20.0. The standard InChI is InChI=1S/C20H42/c1-9-17(10-2)19(16(7)8)15-20(13-5,14-6)18(11-3)12-4/h16-19H,9-15H2,1-8H3. The first-order valence-electron chi connectivity index (χ1n) is 9.45. The Kier molecular flexibility index (Phi) is 9.85. The van der Waals surface area contributed by atoms with Crippen LogP contribution in [0.2, 0.25) is 0 Å². The Bertz CT molecular complexity index is 216. The predicted molar refractivity (Wildman–Crippen MR) is 94.1 cm³/mol. The Balaban J connectivity index is 5.27. The molecule has 0 heterocycles. The highest BCUT2D eigenvalue weighted by molar-refractivity contribution is 4.88. The van der Waals surface area contributed by atoms with Gasteiger partial charge in [-0.3, -0.25) is 0 Å². The molecule has 0 N–H and O–H groups in total. The van der Waals surface area contributed by atoms with Crippen LogP contribution >= 0.6 is 0 Å². The monoisotopic (exact) mass is 282 g/mol. The Morgan fingerprint density at radius 3 is 1.40 bits per heavy atom. The molecule has 0 rings (SSSR count). The van der Waals surface area contributed by atoms with Crippen molar-refractivity contribution >= 4 is 0 Å². The van der Waals surface area contributed by atoms with Gasteiger partial charge in [-0.1, -0.05) is 93.9 Å². The maximum atomic E-state index is 2.45. The van der Waals surface area contributed by atoms with Crippen LogP contribution in [0.3, 0.4) is 0 Å². The molecule has 0 aliphatic carbocycles. The lowest BCUT2D eigenvalue weighted by atomic mass is 9.61. The van der Waals surface area contributed by atoms with Crippen molar-refractivity contribution in [3.05, 3.63) is 0 Å². The van der Waals surface area contributed by atoms with E-state index in [1.165, 1.54) is 44.9 Å². The van der Waals surface area contributed by atoms with Crippen molar-refractivity contribution < 1.29 is 0 Å². The van der Waals surface area contributed by atoms with E-state index in [4.69, 9.17) is 0 Å². The van der Waals surface area contributed by atoms with Crippen LogP contribution in [0.25, 0.3) is 0 Å². The van der Waals surface area contributed by atoms with Crippen molar-refractivity contribution in [2.24, 2.45) is 29.1 Å².